The van der Waals surface area contributed by atoms with Crippen LogP contribution in [0.1, 0.15) is 30.2 Å². The number of halogens is 1. The molecular weight excluding hydrogens is 353 g/mol. The van der Waals surface area contributed by atoms with Crippen LogP contribution < -0.4 is 0 Å². The molecule has 1 aromatic heterocycles. The molecule has 6 heteroatoms. The largest absolute Gasteiger partial charge is 0.372 e. The summed E-state index contributed by atoms with van der Waals surface area (Å²) in [5, 5.41) is 1.13. The van der Waals surface area contributed by atoms with Crippen molar-refractivity contribution >= 4 is 22.9 Å². The Kier molecular flexibility index (Phi) is 5.26. The summed E-state index contributed by atoms with van der Waals surface area (Å²) in [7, 11) is 1.49. The minimum atomic E-state index is -0.217. The molecule has 0 bridgehead atoms. The molecule has 1 unspecified atom stereocenters. The van der Waals surface area contributed by atoms with Gasteiger partial charge in [0.15, 0.2) is 0 Å². The maximum atomic E-state index is 13.2. The van der Waals surface area contributed by atoms with Crippen LogP contribution in [0.25, 0.3) is 10.9 Å². The number of ether oxygens (including phenoxy) is 1. The Labute approximate surface area is 156 Å². The van der Waals surface area contributed by atoms with Crippen LogP contribution in [0.15, 0.2) is 53.4 Å². The first kappa shape index (κ1) is 17.5. The van der Waals surface area contributed by atoms with E-state index in [0.717, 1.165) is 46.5 Å². The van der Waals surface area contributed by atoms with Crippen molar-refractivity contribution in [1.29, 1.82) is 0 Å². The highest BCUT2D eigenvalue weighted by molar-refractivity contribution is 7.94. The molecule has 0 N–H and O–H groups in total. The SMILES string of the molecule is COOSc1ccc2c(c1)cc(C1CCCO1)n2Cc1ccc(F)cc1. The minimum Gasteiger partial charge on any atom is -0.372 e. The van der Waals surface area contributed by atoms with E-state index in [1.807, 2.05) is 18.2 Å². The maximum Gasteiger partial charge on any atom is 0.123 e. The fourth-order valence-corrected chi connectivity index (χ4v) is 3.87. The molecule has 1 aliphatic rings. The van der Waals surface area contributed by atoms with Gasteiger partial charge < -0.3 is 9.30 Å². The van der Waals surface area contributed by atoms with E-state index in [-0.39, 0.29) is 11.9 Å². The van der Waals surface area contributed by atoms with Gasteiger partial charge in [0.25, 0.3) is 0 Å². The lowest BCUT2D eigenvalue weighted by molar-refractivity contribution is -0.160. The molecule has 26 heavy (non-hydrogen) atoms. The first-order valence-electron chi connectivity index (χ1n) is 8.61. The summed E-state index contributed by atoms with van der Waals surface area (Å²) in [6.45, 7) is 1.48. The molecule has 2 heterocycles. The van der Waals surface area contributed by atoms with Crippen LogP contribution >= 0.6 is 12.0 Å². The average molecular weight is 373 g/mol. The normalized spacial score (nSPS) is 17.2. The van der Waals surface area contributed by atoms with Gasteiger partial charge in [0.05, 0.1) is 25.3 Å². The maximum absolute atomic E-state index is 13.2. The van der Waals surface area contributed by atoms with Crippen LogP contribution in [0.2, 0.25) is 0 Å². The Hall–Kier alpha value is -1.86. The topological polar surface area (TPSA) is 32.6 Å². The van der Waals surface area contributed by atoms with Crippen LogP contribution in [0.3, 0.4) is 0 Å². The molecule has 136 valence electrons. The Morgan fingerprint density at radius 1 is 1.19 bits per heavy atom. The van der Waals surface area contributed by atoms with Crippen molar-refractivity contribution < 1.29 is 18.3 Å². The van der Waals surface area contributed by atoms with Crippen molar-refractivity contribution in [1.82, 2.24) is 4.57 Å². The van der Waals surface area contributed by atoms with E-state index in [2.05, 4.69) is 27.7 Å². The summed E-state index contributed by atoms with van der Waals surface area (Å²) in [5.41, 5.74) is 3.35. The van der Waals surface area contributed by atoms with Crippen molar-refractivity contribution in [2.75, 3.05) is 13.7 Å². The standard InChI is InChI=1S/C20H20FNO3S/c1-23-25-26-17-8-9-18-15(11-17)12-19(20-3-2-10-24-20)22(18)13-14-4-6-16(21)7-5-14/h4-9,11-12,20H,2-3,10,13H2,1H3. The number of aromatic nitrogens is 1. The molecule has 1 atom stereocenters. The molecule has 1 fully saturated rings. The summed E-state index contributed by atoms with van der Waals surface area (Å²) in [5.74, 6) is -0.217. The van der Waals surface area contributed by atoms with Crippen molar-refractivity contribution in [2.45, 2.75) is 30.4 Å². The lowest BCUT2D eigenvalue weighted by Gasteiger charge is -2.15. The molecule has 0 radical (unpaired) electrons. The Balaban J connectivity index is 1.74. The molecule has 3 aromatic rings. The van der Waals surface area contributed by atoms with E-state index in [9.17, 15) is 4.39 Å². The van der Waals surface area contributed by atoms with Gasteiger partial charge >= 0.3 is 0 Å². The zero-order valence-corrected chi connectivity index (χ0v) is 15.3. The second-order valence-electron chi connectivity index (χ2n) is 6.32. The smallest absolute Gasteiger partial charge is 0.123 e. The number of benzene rings is 2. The quantitative estimate of drug-likeness (QED) is 0.335. The molecule has 2 aromatic carbocycles. The van der Waals surface area contributed by atoms with Crippen molar-refractivity contribution in [3.05, 3.63) is 65.6 Å². The minimum absolute atomic E-state index is 0.106. The Bertz CT molecular complexity index is 888. The van der Waals surface area contributed by atoms with Crippen molar-refractivity contribution in [3.63, 3.8) is 0 Å². The number of nitrogens with zero attached hydrogens (tertiary/aromatic N) is 1. The first-order valence-corrected chi connectivity index (χ1v) is 9.35. The highest BCUT2D eigenvalue weighted by Crippen LogP contribution is 2.35. The van der Waals surface area contributed by atoms with E-state index in [1.165, 1.54) is 31.3 Å². The monoisotopic (exact) mass is 373 g/mol. The highest BCUT2D eigenvalue weighted by Gasteiger charge is 2.23. The van der Waals surface area contributed by atoms with E-state index in [0.29, 0.717) is 6.54 Å². The Morgan fingerprint density at radius 3 is 2.77 bits per heavy atom. The fraction of sp³-hybridized carbons (Fsp3) is 0.300. The first-order chi connectivity index (χ1) is 12.7. The molecular formula is C20H20FNO3S. The summed E-state index contributed by atoms with van der Waals surface area (Å²) in [6.07, 6.45) is 2.20. The highest BCUT2D eigenvalue weighted by atomic mass is 32.2. The summed E-state index contributed by atoms with van der Waals surface area (Å²) >= 11 is 1.18. The zero-order chi connectivity index (χ0) is 17.9. The predicted molar refractivity (Wildman–Crippen MR) is 99.3 cm³/mol. The molecule has 0 saturated carbocycles. The van der Waals surface area contributed by atoms with Crippen LogP contribution in [0.5, 0.6) is 0 Å². The van der Waals surface area contributed by atoms with Gasteiger partial charge in [-0.25, -0.2) is 9.28 Å². The van der Waals surface area contributed by atoms with Crippen LogP contribution in [0, 0.1) is 5.82 Å². The number of hydrogen-bond donors (Lipinski definition) is 0. The Morgan fingerprint density at radius 2 is 2.04 bits per heavy atom. The lowest BCUT2D eigenvalue weighted by Crippen LogP contribution is -2.08. The van der Waals surface area contributed by atoms with E-state index in [4.69, 9.17) is 9.07 Å². The van der Waals surface area contributed by atoms with Crippen molar-refractivity contribution in [3.8, 4) is 0 Å². The van der Waals surface area contributed by atoms with E-state index in [1.54, 1.807) is 0 Å². The second-order valence-corrected chi connectivity index (χ2v) is 7.10. The average Bonchev–Trinajstić information content (AvgIpc) is 3.30. The summed E-state index contributed by atoms with van der Waals surface area (Å²) < 4.78 is 26.4. The fourth-order valence-electron chi connectivity index (χ4n) is 3.42. The van der Waals surface area contributed by atoms with Crippen molar-refractivity contribution in [2.24, 2.45) is 0 Å². The number of rotatable bonds is 6. The number of hydrogen-bond acceptors (Lipinski definition) is 4. The third-order valence-electron chi connectivity index (χ3n) is 4.62. The van der Waals surface area contributed by atoms with Gasteiger partial charge in [0.1, 0.15) is 5.82 Å². The number of fused-ring (bicyclic) bond motifs is 1. The summed E-state index contributed by atoms with van der Waals surface area (Å²) in [6, 6.07) is 15.0. The van der Waals surface area contributed by atoms with Gasteiger partial charge in [-0.15, -0.1) is 0 Å². The molecule has 0 spiro atoms. The molecule has 0 amide bonds. The van der Waals surface area contributed by atoms with Crippen LogP contribution in [-0.2, 0) is 20.5 Å². The second kappa shape index (κ2) is 7.80. The molecule has 4 rings (SSSR count). The van der Waals surface area contributed by atoms with Gasteiger partial charge in [-0.1, -0.05) is 12.1 Å². The van der Waals surface area contributed by atoms with Gasteiger partial charge in [-0.2, -0.15) is 4.33 Å². The van der Waals surface area contributed by atoms with Gasteiger partial charge in [-0.05, 0) is 54.8 Å². The molecule has 0 aliphatic carbocycles. The van der Waals surface area contributed by atoms with Crippen LogP contribution in [-0.4, -0.2) is 18.3 Å². The third-order valence-corrected chi connectivity index (χ3v) is 5.27. The summed E-state index contributed by atoms with van der Waals surface area (Å²) in [4.78, 5) is 5.63. The van der Waals surface area contributed by atoms with Gasteiger partial charge in [-0.3, -0.25) is 0 Å². The third kappa shape index (κ3) is 3.64. The van der Waals surface area contributed by atoms with Crippen LogP contribution in [0.4, 0.5) is 4.39 Å². The predicted octanol–water partition coefficient (Wildman–Crippen LogP) is 5.27. The molecule has 4 nitrogen and oxygen atoms in total. The lowest BCUT2D eigenvalue weighted by atomic mass is 10.1. The van der Waals surface area contributed by atoms with Gasteiger partial charge in [0, 0.05) is 34.6 Å². The molecule has 1 aliphatic heterocycles. The zero-order valence-electron chi connectivity index (χ0n) is 14.5. The van der Waals surface area contributed by atoms with Gasteiger partial charge in [0.2, 0.25) is 0 Å². The molecule has 1 saturated heterocycles. The van der Waals surface area contributed by atoms with E-state index >= 15 is 0 Å². The van der Waals surface area contributed by atoms with E-state index < -0.39 is 0 Å².